The van der Waals surface area contributed by atoms with E-state index in [0.29, 0.717) is 6.54 Å². The fraction of sp³-hybridized carbons (Fsp3) is 0.500. The summed E-state index contributed by atoms with van der Waals surface area (Å²) in [7, 11) is 0. The summed E-state index contributed by atoms with van der Waals surface area (Å²) in [6.07, 6.45) is 2.43. The van der Waals surface area contributed by atoms with E-state index in [9.17, 15) is 4.21 Å². The van der Waals surface area contributed by atoms with Crippen LogP contribution in [0.25, 0.3) is 0 Å². The number of nitrogens with zero attached hydrogens (tertiary/aromatic N) is 1. The molecular weight excluding hydrogens is 364 g/mol. The van der Waals surface area contributed by atoms with Gasteiger partial charge >= 0.3 is 0 Å². The number of benzene rings is 1. The van der Waals surface area contributed by atoms with Crippen LogP contribution in [-0.4, -0.2) is 33.3 Å². The minimum absolute atomic E-state index is 0.276. The lowest BCUT2D eigenvalue weighted by atomic mass is 9.91. The first-order valence-corrected chi connectivity index (χ1v) is 11.3. The second-order valence-corrected chi connectivity index (χ2v) is 9.33. The summed E-state index contributed by atoms with van der Waals surface area (Å²) in [4.78, 5) is 2.63. The molecule has 3 atom stereocenters. The number of piperidine rings is 1. The smallest absolute Gasteiger partial charge is 0.232 e. The number of aryl methyl sites for hydroxylation is 1. The van der Waals surface area contributed by atoms with Crippen LogP contribution in [0.4, 0.5) is 0 Å². The maximum atomic E-state index is 10.8. The van der Waals surface area contributed by atoms with Crippen molar-refractivity contribution in [3.8, 4) is 0 Å². The predicted octanol–water partition coefficient (Wildman–Crippen LogP) is 3.43. The fourth-order valence-corrected chi connectivity index (χ4v) is 5.67. The lowest BCUT2D eigenvalue weighted by Crippen LogP contribution is -2.30. The summed E-state index contributed by atoms with van der Waals surface area (Å²) >= 11 is -0.174. The van der Waals surface area contributed by atoms with Crippen LogP contribution in [-0.2, 0) is 29.6 Å². The van der Waals surface area contributed by atoms with Gasteiger partial charge in [-0.05, 0) is 64.7 Å². The lowest BCUT2D eigenvalue weighted by Gasteiger charge is -2.24. The Morgan fingerprint density at radius 1 is 1.31 bits per heavy atom. The van der Waals surface area contributed by atoms with Gasteiger partial charge in [-0.3, -0.25) is 4.55 Å². The van der Waals surface area contributed by atoms with Crippen molar-refractivity contribution in [3.05, 3.63) is 57.8 Å². The molecular formula is C20H26N2O2S2. The Morgan fingerprint density at radius 2 is 2.12 bits per heavy atom. The summed E-state index contributed by atoms with van der Waals surface area (Å²) in [6, 6.07) is 10.8. The zero-order valence-corrected chi connectivity index (χ0v) is 16.7. The number of fused-ring (bicyclic) bond motifs is 1. The zero-order valence-electron chi connectivity index (χ0n) is 15.1. The number of hydrogen-bond donors (Lipinski definition) is 2. The van der Waals surface area contributed by atoms with Gasteiger partial charge in [0.05, 0.1) is 0 Å². The minimum Gasteiger partial charge on any atom is -0.303 e. The maximum Gasteiger partial charge on any atom is 0.232 e. The van der Waals surface area contributed by atoms with Crippen molar-refractivity contribution < 1.29 is 8.76 Å². The van der Waals surface area contributed by atoms with E-state index in [-0.39, 0.29) is 5.41 Å². The molecule has 0 radical (unpaired) electrons. The van der Waals surface area contributed by atoms with Gasteiger partial charge in [0.2, 0.25) is 11.3 Å². The summed E-state index contributed by atoms with van der Waals surface area (Å²) in [5.41, 5.74) is 4.20. The Kier molecular flexibility index (Phi) is 5.30. The molecule has 2 fully saturated rings. The van der Waals surface area contributed by atoms with Gasteiger partial charge in [-0.15, -0.1) is 0 Å². The number of likely N-dealkylation sites (tertiary alicyclic amines) is 1. The molecule has 6 heteroatoms. The van der Waals surface area contributed by atoms with Gasteiger partial charge in [0, 0.05) is 25.0 Å². The molecule has 140 valence electrons. The summed E-state index contributed by atoms with van der Waals surface area (Å²) < 4.78 is 22.3. The van der Waals surface area contributed by atoms with Crippen molar-refractivity contribution in [2.75, 3.05) is 19.6 Å². The maximum absolute atomic E-state index is 10.8. The van der Waals surface area contributed by atoms with Crippen LogP contribution in [0.1, 0.15) is 30.0 Å². The first kappa shape index (κ1) is 18.3. The molecule has 2 heterocycles. The Balaban J connectivity index is 1.31. The third-order valence-electron chi connectivity index (χ3n) is 6.30. The van der Waals surface area contributed by atoms with Crippen molar-refractivity contribution in [3.63, 3.8) is 0 Å². The molecule has 4 nitrogen and oxygen atoms in total. The molecule has 0 bridgehead atoms. The third-order valence-corrected chi connectivity index (χ3v) is 7.42. The number of thiophene rings is 1. The Morgan fingerprint density at radius 3 is 2.81 bits per heavy atom. The largest absolute Gasteiger partial charge is 0.303 e. The van der Waals surface area contributed by atoms with Crippen LogP contribution in [0.5, 0.6) is 0 Å². The van der Waals surface area contributed by atoms with Crippen LogP contribution >= 0.6 is 11.3 Å². The minimum atomic E-state index is -1.96. The van der Waals surface area contributed by atoms with Crippen LogP contribution in [0, 0.1) is 11.8 Å². The highest BCUT2D eigenvalue weighted by Gasteiger charge is 2.65. The number of rotatable bonds is 8. The average Bonchev–Trinajstić information content (AvgIpc) is 3.08. The van der Waals surface area contributed by atoms with E-state index in [1.54, 1.807) is 11.3 Å². The molecule has 1 aliphatic carbocycles. The molecule has 26 heavy (non-hydrogen) atoms. The monoisotopic (exact) mass is 390 g/mol. The van der Waals surface area contributed by atoms with Gasteiger partial charge in [-0.1, -0.05) is 31.2 Å². The van der Waals surface area contributed by atoms with Crippen LogP contribution in [0.3, 0.4) is 0 Å². The standard InChI is InChI=1S/C20H26N2O2S2/c1-20(17-6-2-4-16(10-17)11-21-26(23)24)18-12-22(13-19(18)20)8-3-5-15-7-9-25-14-15/h2,4,6-7,9-10,14,18-19,21H,3,5,8,11-13H2,1H3,(H,23,24). The molecule has 3 unspecified atom stereocenters. The van der Waals surface area contributed by atoms with E-state index in [2.05, 4.69) is 51.6 Å². The highest BCUT2D eigenvalue weighted by atomic mass is 32.2. The molecule has 2 aliphatic rings. The van der Waals surface area contributed by atoms with Crippen molar-refractivity contribution >= 4 is 22.6 Å². The molecule has 2 aromatic rings. The summed E-state index contributed by atoms with van der Waals surface area (Å²) in [5, 5.41) is 4.42. The molecule has 1 saturated carbocycles. The predicted molar refractivity (Wildman–Crippen MR) is 107 cm³/mol. The Hall–Kier alpha value is -1.05. The Bertz CT molecular complexity index is 766. The van der Waals surface area contributed by atoms with E-state index in [1.807, 2.05) is 6.07 Å². The normalized spacial score (nSPS) is 28.8. The zero-order chi connectivity index (χ0) is 18.1. The first-order chi connectivity index (χ1) is 12.6. The van der Waals surface area contributed by atoms with Gasteiger partial charge < -0.3 is 4.90 Å². The van der Waals surface area contributed by atoms with Gasteiger partial charge in [0.25, 0.3) is 0 Å². The van der Waals surface area contributed by atoms with Crippen LogP contribution in [0.15, 0.2) is 41.1 Å². The topological polar surface area (TPSA) is 52.6 Å². The quantitative estimate of drug-likeness (QED) is 0.679. The van der Waals surface area contributed by atoms with E-state index in [1.165, 1.54) is 43.6 Å². The molecule has 4 rings (SSSR count). The summed E-state index contributed by atoms with van der Waals surface area (Å²) in [5.74, 6) is 1.50. The van der Waals surface area contributed by atoms with Gasteiger partial charge in [-0.2, -0.15) is 11.3 Å². The van der Waals surface area contributed by atoms with E-state index >= 15 is 0 Å². The lowest BCUT2D eigenvalue weighted by molar-refractivity contribution is 0.274. The Labute approximate surface area is 162 Å². The van der Waals surface area contributed by atoms with Crippen molar-refractivity contribution in [1.82, 2.24) is 9.62 Å². The molecule has 1 saturated heterocycles. The van der Waals surface area contributed by atoms with E-state index in [0.717, 1.165) is 17.4 Å². The second kappa shape index (κ2) is 7.52. The number of hydrogen-bond acceptors (Lipinski definition) is 3. The summed E-state index contributed by atoms with van der Waals surface area (Å²) in [6.45, 7) is 6.42. The van der Waals surface area contributed by atoms with Crippen LogP contribution < -0.4 is 4.72 Å². The molecule has 1 aromatic heterocycles. The highest BCUT2D eigenvalue weighted by Crippen LogP contribution is 2.63. The average molecular weight is 391 g/mol. The van der Waals surface area contributed by atoms with Gasteiger partial charge in [-0.25, -0.2) is 8.93 Å². The van der Waals surface area contributed by atoms with Gasteiger partial charge in [0.15, 0.2) is 0 Å². The third kappa shape index (κ3) is 3.66. The van der Waals surface area contributed by atoms with E-state index < -0.39 is 11.3 Å². The molecule has 1 aliphatic heterocycles. The van der Waals surface area contributed by atoms with Crippen molar-refractivity contribution in [2.45, 2.75) is 31.7 Å². The highest BCUT2D eigenvalue weighted by molar-refractivity contribution is 7.77. The second-order valence-electron chi connectivity index (χ2n) is 7.76. The van der Waals surface area contributed by atoms with Crippen molar-refractivity contribution in [1.29, 1.82) is 0 Å². The SMILES string of the molecule is CC1(c2cccc(CNS(=O)O)c2)C2CN(CCCc3ccsc3)CC21. The van der Waals surface area contributed by atoms with Crippen molar-refractivity contribution in [2.24, 2.45) is 11.8 Å². The molecule has 1 aromatic carbocycles. The fourth-order valence-electron chi connectivity index (χ4n) is 4.68. The first-order valence-electron chi connectivity index (χ1n) is 9.24. The van der Waals surface area contributed by atoms with Gasteiger partial charge in [0.1, 0.15) is 0 Å². The van der Waals surface area contributed by atoms with Crippen LogP contribution in [0.2, 0.25) is 0 Å². The number of nitrogens with one attached hydrogen (secondary N) is 1. The molecule has 0 amide bonds. The molecule has 2 N–H and O–H groups in total. The van der Waals surface area contributed by atoms with E-state index in [4.69, 9.17) is 4.55 Å². The molecule has 0 spiro atoms.